The highest BCUT2D eigenvalue weighted by molar-refractivity contribution is 9.10. The molecule has 9 nitrogen and oxygen atoms in total. The third-order valence-corrected chi connectivity index (χ3v) is 3.84. The van der Waals surface area contributed by atoms with E-state index in [4.69, 9.17) is 15.4 Å². The van der Waals surface area contributed by atoms with E-state index in [1.54, 1.807) is 12.2 Å². The van der Waals surface area contributed by atoms with Gasteiger partial charge in [-0.2, -0.15) is 0 Å². The van der Waals surface area contributed by atoms with Gasteiger partial charge in [0.15, 0.2) is 6.23 Å². The smallest absolute Gasteiger partial charge is 0.326 e. The van der Waals surface area contributed by atoms with Crippen LogP contribution in [0.3, 0.4) is 0 Å². The lowest BCUT2D eigenvalue weighted by Gasteiger charge is -2.43. The second-order valence-electron chi connectivity index (χ2n) is 4.45. The molecule has 108 valence electrons. The minimum atomic E-state index is -1.28. The Hall–Kier alpha value is -1.61. The van der Waals surface area contributed by atoms with E-state index in [0.29, 0.717) is 0 Å². The van der Waals surface area contributed by atoms with Gasteiger partial charge in [0.2, 0.25) is 5.91 Å². The fourth-order valence-corrected chi connectivity index (χ4v) is 2.40. The molecule has 1 saturated heterocycles. The molecule has 0 radical (unpaired) electrons. The Labute approximate surface area is 122 Å². The zero-order valence-electron chi connectivity index (χ0n) is 10.4. The summed E-state index contributed by atoms with van der Waals surface area (Å²) in [6, 6.07) is -0.724. The van der Waals surface area contributed by atoms with Crippen LogP contribution in [0.25, 0.3) is 10.4 Å². The maximum absolute atomic E-state index is 12.0. The summed E-state index contributed by atoms with van der Waals surface area (Å²) in [5.41, 5.74) is 8.65. The first-order valence-corrected chi connectivity index (χ1v) is 6.52. The van der Waals surface area contributed by atoms with Crippen molar-refractivity contribution in [2.24, 2.45) is 5.11 Å². The summed E-state index contributed by atoms with van der Waals surface area (Å²) in [6.07, 6.45) is 0.680. The molecule has 2 aliphatic heterocycles. The summed E-state index contributed by atoms with van der Waals surface area (Å²) >= 11 is 3.17. The SMILES string of the molecule is C[C@]1(Br)C(=O)NC(=O)N([C@H]2C=C[C@@H](CO)O2)[C@@H]1N=[N+]=[N-]. The highest BCUT2D eigenvalue weighted by Crippen LogP contribution is 2.34. The summed E-state index contributed by atoms with van der Waals surface area (Å²) in [6.45, 7) is 1.25. The first kappa shape index (κ1) is 14.8. The van der Waals surface area contributed by atoms with E-state index in [1.165, 1.54) is 6.92 Å². The van der Waals surface area contributed by atoms with Gasteiger partial charge >= 0.3 is 6.03 Å². The normalized spacial score (nSPS) is 36.8. The molecule has 2 N–H and O–H groups in total. The number of hydrogen-bond donors (Lipinski definition) is 2. The van der Waals surface area contributed by atoms with Crippen LogP contribution >= 0.6 is 15.9 Å². The van der Waals surface area contributed by atoms with Crippen molar-refractivity contribution in [2.75, 3.05) is 6.61 Å². The first-order valence-electron chi connectivity index (χ1n) is 5.73. The zero-order valence-corrected chi connectivity index (χ0v) is 12.0. The molecule has 10 heteroatoms. The highest BCUT2D eigenvalue weighted by Gasteiger charge is 2.51. The highest BCUT2D eigenvalue weighted by atomic mass is 79.9. The Morgan fingerprint density at radius 3 is 2.90 bits per heavy atom. The van der Waals surface area contributed by atoms with Crippen molar-refractivity contribution < 1.29 is 19.4 Å². The zero-order chi connectivity index (χ0) is 14.9. The molecule has 3 amide bonds. The predicted octanol–water partition coefficient (Wildman–Crippen LogP) is 0.602. The number of aliphatic hydroxyl groups is 1. The van der Waals surface area contributed by atoms with E-state index in [9.17, 15) is 9.59 Å². The van der Waals surface area contributed by atoms with Gasteiger partial charge in [0.1, 0.15) is 16.6 Å². The Morgan fingerprint density at radius 1 is 1.65 bits per heavy atom. The van der Waals surface area contributed by atoms with Crippen LogP contribution in [0.2, 0.25) is 0 Å². The van der Waals surface area contributed by atoms with Crippen LogP contribution < -0.4 is 5.32 Å². The summed E-state index contributed by atoms with van der Waals surface area (Å²) < 4.78 is 4.14. The molecule has 0 aromatic heterocycles. The number of nitrogens with zero attached hydrogens (tertiary/aromatic N) is 4. The molecule has 0 aliphatic carbocycles. The van der Waals surface area contributed by atoms with E-state index in [-0.39, 0.29) is 6.61 Å². The maximum atomic E-state index is 12.0. The predicted molar refractivity (Wildman–Crippen MR) is 70.5 cm³/mol. The largest absolute Gasteiger partial charge is 0.393 e. The molecule has 1 fully saturated rings. The number of halogens is 1. The van der Waals surface area contributed by atoms with E-state index in [0.717, 1.165) is 4.90 Å². The molecule has 0 aromatic carbocycles. The minimum Gasteiger partial charge on any atom is -0.393 e. The van der Waals surface area contributed by atoms with Crippen LogP contribution in [0.5, 0.6) is 0 Å². The summed E-state index contributed by atoms with van der Waals surface area (Å²) in [4.78, 5) is 27.6. The molecule has 20 heavy (non-hydrogen) atoms. The quantitative estimate of drug-likeness (QED) is 0.255. The van der Waals surface area contributed by atoms with Gasteiger partial charge in [-0.15, -0.1) is 0 Å². The number of alkyl halides is 1. The number of hydrogen-bond acceptors (Lipinski definition) is 5. The molecule has 0 aromatic rings. The maximum Gasteiger partial charge on any atom is 0.326 e. The molecule has 0 saturated carbocycles. The Bertz CT molecular complexity index is 516. The van der Waals surface area contributed by atoms with Gasteiger partial charge in [-0.3, -0.25) is 15.0 Å². The lowest BCUT2D eigenvalue weighted by atomic mass is 10.0. The van der Waals surface area contributed by atoms with Gasteiger partial charge < -0.3 is 9.84 Å². The van der Waals surface area contributed by atoms with Crippen molar-refractivity contribution in [2.45, 2.75) is 29.7 Å². The fraction of sp³-hybridized carbons (Fsp3) is 0.600. The second kappa shape index (κ2) is 5.41. The lowest BCUT2D eigenvalue weighted by molar-refractivity contribution is -0.128. The van der Waals surface area contributed by atoms with Gasteiger partial charge in [0.05, 0.1) is 6.61 Å². The molecule has 2 aliphatic rings. The number of amides is 3. The second-order valence-corrected chi connectivity index (χ2v) is 6.10. The van der Waals surface area contributed by atoms with E-state index < -0.39 is 34.8 Å². The Balaban J connectivity index is 2.33. The van der Waals surface area contributed by atoms with Crippen LogP contribution in [0.4, 0.5) is 4.79 Å². The molecular formula is C10H12BrN5O4. The molecule has 0 bridgehead atoms. The van der Waals surface area contributed by atoms with Crippen molar-refractivity contribution in [3.8, 4) is 0 Å². The number of aliphatic hydroxyl groups excluding tert-OH is 1. The van der Waals surface area contributed by atoms with Crippen molar-refractivity contribution in [3.05, 3.63) is 22.6 Å². The van der Waals surface area contributed by atoms with Crippen molar-refractivity contribution in [1.29, 1.82) is 0 Å². The topological polar surface area (TPSA) is 128 Å². The molecule has 2 rings (SSSR count). The molecule has 4 atom stereocenters. The standard InChI is InChI=1S/C10H12BrN5O4/c1-10(11)7(14-15-12)16(9(19)13-8(10)18)6-3-2-5(4-17)20-6/h2-3,5-7,17H,4H2,1H3,(H,13,18,19)/t5-,6+,7-,10+/m0/s1. The number of rotatable bonds is 3. The number of carbonyl (C=O) groups excluding carboxylic acids is 2. The van der Waals surface area contributed by atoms with E-state index >= 15 is 0 Å². The summed E-state index contributed by atoms with van der Waals surface area (Å²) in [5, 5.41) is 14.7. The average Bonchev–Trinajstić information content (AvgIpc) is 2.85. The number of carbonyl (C=O) groups is 2. The molecular weight excluding hydrogens is 334 g/mol. The number of ether oxygens (including phenoxy) is 1. The van der Waals surface area contributed by atoms with Gasteiger partial charge in [0, 0.05) is 4.91 Å². The van der Waals surface area contributed by atoms with Crippen LogP contribution in [0, 0.1) is 0 Å². The summed E-state index contributed by atoms with van der Waals surface area (Å²) in [7, 11) is 0. The van der Waals surface area contributed by atoms with Gasteiger partial charge in [0.25, 0.3) is 0 Å². The number of azide groups is 1. The van der Waals surface area contributed by atoms with Crippen molar-refractivity contribution in [3.63, 3.8) is 0 Å². The van der Waals surface area contributed by atoms with Crippen molar-refractivity contribution in [1.82, 2.24) is 10.2 Å². The van der Waals surface area contributed by atoms with Crippen LogP contribution in [0.1, 0.15) is 6.92 Å². The monoisotopic (exact) mass is 345 g/mol. The molecule has 2 heterocycles. The van der Waals surface area contributed by atoms with Crippen LogP contribution in [-0.4, -0.2) is 51.4 Å². The Morgan fingerprint density at radius 2 is 2.35 bits per heavy atom. The van der Waals surface area contributed by atoms with Crippen LogP contribution in [0.15, 0.2) is 17.3 Å². The van der Waals surface area contributed by atoms with Gasteiger partial charge in [-0.05, 0) is 18.5 Å². The molecule has 0 unspecified atom stereocenters. The average molecular weight is 346 g/mol. The third-order valence-electron chi connectivity index (χ3n) is 3.07. The van der Waals surface area contributed by atoms with Crippen LogP contribution in [-0.2, 0) is 9.53 Å². The van der Waals surface area contributed by atoms with E-state index in [1.807, 2.05) is 0 Å². The Kier molecular flexibility index (Phi) is 4.00. The van der Waals surface area contributed by atoms with Crippen molar-refractivity contribution >= 4 is 27.9 Å². The number of imide groups is 1. The van der Waals surface area contributed by atoms with Gasteiger partial charge in [-0.25, -0.2) is 4.79 Å². The van der Waals surface area contributed by atoms with E-state index in [2.05, 4.69) is 31.3 Å². The molecule has 0 spiro atoms. The number of urea groups is 1. The summed E-state index contributed by atoms with van der Waals surface area (Å²) in [5.74, 6) is -0.600. The third kappa shape index (κ3) is 2.38. The number of nitrogens with one attached hydrogen (secondary N) is 1. The lowest BCUT2D eigenvalue weighted by Crippen LogP contribution is -2.67. The first-order chi connectivity index (χ1) is 9.41. The minimum absolute atomic E-state index is 0.237. The van der Waals surface area contributed by atoms with Gasteiger partial charge in [-0.1, -0.05) is 27.1 Å². The fourth-order valence-electron chi connectivity index (χ4n) is 1.99.